The summed E-state index contributed by atoms with van der Waals surface area (Å²) in [5, 5.41) is 5.83. The summed E-state index contributed by atoms with van der Waals surface area (Å²) < 4.78 is 1.92. The molecule has 0 aliphatic carbocycles. The predicted molar refractivity (Wildman–Crippen MR) is 127 cm³/mol. The first-order chi connectivity index (χ1) is 15.5. The maximum absolute atomic E-state index is 12.9. The zero-order valence-electron chi connectivity index (χ0n) is 18.3. The van der Waals surface area contributed by atoms with Gasteiger partial charge in [0.05, 0.1) is 22.3 Å². The number of imidazole rings is 1. The molecule has 0 aliphatic heterocycles. The number of hydrogen-bond donors (Lipinski definition) is 2. The van der Waals surface area contributed by atoms with E-state index in [0.717, 1.165) is 28.8 Å². The first kappa shape index (κ1) is 21.3. The maximum atomic E-state index is 12.9. The van der Waals surface area contributed by atoms with Crippen LogP contribution in [0.3, 0.4) is 0 Å². The number of amides is 2. The highest BCUT2D eigenvalue weighted by atomic mass is 16.2. The Balaban J connectivity index is 1.47. The molecule has 0 fully saturated rings. The van der Waals surface area contributed by atoms with Gasteiger partial charge in [0.1, 0.15) is 12.4 Å². The van der Waals surface area contributed by atoms with Gasteiger partial charge in [-0.3, -0.25) is 9.59 Å². The molecule has 0 unspecified atom stereocenters. The van der Waals surface area contributed by atoms with Crippen molar-refractivity contribution in [1.29, 1.82) is 0 Å². The number of nitrogens with zero attached hydrogens (tertiary/aromatic N) is 2. The van der Waals surface area contributed by atoms with Crippen LogP contribution in [-0.4, -0.2) is 21.4 Å². The van der Waals surface area contributed by atoms with E-state index < -0.39 is 0 Å². The van der Waals surface area contributed by atoms with E-state index >= 15 is 0 Å². The lowest BCUT2D eigenvalue weighted by Crippen LogP contribution is -2.26. The number of para-hydroxylation sites is 3. The van der Waals surface area contributed by atoms with E-state index in [4.69, 9.17) is 0 Å². The average Bonchev–Trinajstić information content (AvgIpc) is 3.16. The van der Waals surface area contributed by atoms with E-state index in [1.54, 1.807) is 24.3 Å². The van der Waals surface area contributed by atoms with E-state index in [1.165, 1.54) is 5.56 Å². The summed E-state index contributed by atoms with van der Waals surface area (Å²) >= 11 is 0. The molecule has 3 aromatic carbocycles. The number of aryl methyl sites for hydroxylation is 2. The molecule has 0 spiro atoms. The van der Waals surface area contributed by atoms with Crippen LogP contribution in [0, 0.1) is 6.92 Å². The van der Waals surface area contributed by atoms with Gasteiger partial charge in [-0.05, 0) is 36.8 Å². The van der Waals surface area contributed by atoms with Crippen molar-refractivity contribution < 1.29 is 9.59 Å². The van der Waals surface area contributed by atoms with Gasteiger partial charge < -0.3 is 15.2 Å². The number of carbonyl (C=O) groups is 2. The van der Waals surface area contributed by atoms with Gasteiger partial charge in [-0.2, -0.15) is 0 Å². The van der Waals surface area contributed by atoms with Crippen LogP contribution in [0.1, 0.15) is 34.2 Å². The third-order valence-electron chi connectivity index (χ3n) is 5.37. The van der Waals surface area contributed by atoms with Crippen molar-refractivity contribution in [3.8, 4) is 0 Å². The molecule has 4 aromatic rings. The molecule has 0 bridgehead atoms. The maximum Gasteiger partial charge on any atom is 0.253 e. The third kappa shape index (κ3) is 4.70. The van der Waals surface area contributed by atoms with Crippen LogP contribution < -0.4 is 10.6 Å². The molecule has 1 aromatic heterocycles. The lowest BCUT2D eigenvalue weighted by atomic mass is 10.1. The monoisotopic (exact) mass is 426 g/mol. The second-order valence-electron chi connectivity index (χ2n) is 7.72. The first-order valence-electron chi connectivity index (χ1n) is 10.7. The van der Waals surface area contributed by atoms with E-state index in [2.05, 4.69) is 15.6 Å². The summed E-state index contributed by atoms with van der Waals surface area (Å²) in [7, 11) is 0. The number of aromatic nitrogens is 2. The molecule has 162 valence electrons. The molecule has 2 amide bonds. The Morgan fingerprint density at radius 1 is 0.938 bits per heavy atom. The first-order valence-corrected chi connectivity index (χ1v) is 10.7. The zero-order chi connectivity index (χ0) is 22.5. The average molecular weight is 427 g/mol. The normalized spacial score (nSPS) is 10.8. The van der Waals surface area contributed by atoms with Gasteiger partial charge in [0.2, 0.25) is 5.91 Å². The summed E-state index contributed by atoms with van der Waals surface area (Å²) in [6, 6.07) is 22.8. The number of benzene rings is 3. The Morgan fingerprint density at radius 2 is 1.66 bits per heavy atom. The number of fused-ring (bicyclic) bond motifs is 1. The van der Waals surface area contributed by atoms with Crippen LogP contribution in [0.2, 0.25) is 0 Å². The molecule has 0 radical (unpaired) electrons. The molecule has 1 heterocycles. The fourth-order valence-electron chi connectivity index (χ4n) is 3.68. The molecule has 32 heavy (non-hydrogen) atoms. The second kappa shape index (κ2) is 9.47. The highest BCUT2D eigenvalue weighted by Gasteiger charge is 2.16. The summed E-state index contributed by atoms with van der Waals surface area (Å²) in [5.41, 5.74) is 4.90. The Kier molecular flexibility index (Phi) is 6.31. The van der Waals surface area contributed by atoms with Crippen molar-refractivity contribution in [2.24, 2.45) is 0 Å². The van der Waals surface area contributed by atoms with Gasteiger partial charge in [-0.1, -0.05) is 61.0 Å². The van der Waals surface area contributed by atoms with E-state index in [-0.39, 0.29) is 18.4 Å². The summed E-state index contributed by atoms with van der Waals surface area (Å²) in [6.45, 7) is 4.59. The van der Waals surface area contributed by atoms with Gasteiger partial charge in [-0.15, -0.1) is 0 Å². The number of rotatable bonds is 7. The lowest BCUT2D eigenvalue weighted by molar-refractivity contribution is -0.116. The van der Waals surface area contributed by atoms with Crippen LogP contribution in [0.25, 0.3) is 11.0 Å². The second-order valence-corrected chi connectivity index (χ2v) is 7.72. The topological polar surface area (TPSA) is 76.0 Å². The minimum atomic E-state index is -0.233. The highest BCUT2D eigenvalue weighted by Crippen LogP contribution is 2.19. The summed E-state index contributed by atoms with van der Waals surface area (Å²) in [4.78, 5) is 30.3. The van der Waals surface area contributed by atoms with Crippen LogP contribution in [0.15, 0.2) is 72.8 Å². The van der Waals surface area contributed by atoms with Crippen molar-refractivity contribution in [2.45, 2.75) is 33.4 Å². The Morgan fingerprint density at radius 3 is 2.44 bits per heavy atom. The number of anilines is 1. The van der Waals surface area contributed by atoms with Crippen molar-refractivity contribution in [2.75, 3.05) is 5.32 Å². The molecular weight excluding hydrogens is 400 g/mol. The van der Waals surface area contributed by atoms with Crippen molar-refractivity contribution in [3.05, 3.63) is 95.3 Å². The zero-order valence-corrected chi connectivity index (χ0v) is 18.3. The predicted octanol–water partition coefficient (Wildman–Crippen LogP) is 4.48. The molecule has 0 aliphatic rings. The molecule has 6 nitrogen and oxygen atoms in total. The van der Waals surface area contributed by atoms with Crippen LogP contribution in [0.4, 0.5) is 5.69 Å². The smallest absolute Gasteiger partial charge is 0.253 e. The lowest BCUT2D eigenvalue weighted by Gasteiger charge is -2.13. The van der Waals surface area contributed by atoms with Crippen molar-refractivity contribution in [1.82, 2.24) is 14.9 Å². The molecule has 4 rings (SSSR count). The van der Waals surface area contributed by atoms with Crippen LogP contribution in [0.5, 0.6) is 0 Å². The Bertz CT molecular complexity index is 1260. The minimum Gasteiger partial charge on any atom is -0.348 e. The highest BCUT2D eigenvalue weighted by molar-refractivity contribution is 6.03. The largest absolute Gasteiger partial charge is 0.348 e. The molecule has 0 atom stereocenters. The molecule has 0 saturated carbocycles. The van der Waals surface area contributed by atoms with Crippen LogP contribution in [-0.2, 0) is 24.3 Å². The number of hydrogen-bond acceptors (Lipinski definition) is 3. The van der Waals surface area contributed by atoms with Gasteiger partial charge in [0.25, 0.3) is 5.91 Å². The fraction of sp³-hybridized carbons (Fsp3) is 0.192. The third-order valence-corrected chi connectivity index (χ3v) is 5.37. The van der Waals surface area contributed by atoms with Gasteiger partial charge in [-0.25, -0.2) is 4.98 Å². The van der Waals surface area contributed by atoms with Crippen molar-refractivity contribution >= 4 is 28.5 Å². The molecule has 2 N–H and O–H groups in total. The van der Waals surface area contributed by atoms with Gasteiger partial charge >= 0.3 is 0 Å². The number of nitrogens with one attached hydrogen (secondary N) is 2. The Labute approximate surface area is 187 Å². The quantitative estimate of drug-likeness (QED) is 0.458. The van der Waals surface area contributed by atoms with E-state index in [0.29, 0.717) is 17.8 Å². The van der Waals surface area contributed by atoms with E-state index in [1.807, 2.05) is 66.9 Å². The van der Waals surface area contributed by atoms with Crippen LogP contribution >= 0.6 is 0 Å². The molecule has 0 saturated heterocycles. The van der Waals surface area contributed by atoms with E-state index in [9.17, 15) is 9.59 Å². The number of carbonyl (C=O) groups excluding carboxylic acids is 2. The molecule has 6 heteroatoms. The standard InChI is InChI=1S/C26H26N4O2/c1-3-24-28-22-10-6-7-11-23(22)30(24)17-25(31)29-21-9-5-4-8-20(21)26(32)27-16-19-14-12-18(2)13-15-19/h4-15H,3,16-17H2,1-2H3,(H,27,32)(H,29,31). The van der Waals surface area contributed by atoms with Gasteiger partial charge in [0.15, 0.2) is 0 Å². The van der Waals surface area contributed by atoms with Crippen molar-refractivity contribution in [3.63, 3.8) is 0 Å². The summed E-state index contributed by atoms with van der Waals surface area (Å²) in [6.07, 6.45) is 0.722. The van der Waals surface area contributed by atoms with Gasteiger partial charge in [0, 0.05) is 13.0 Å². The Hall–Kier alpha value is -3.93. The SMILES string of the molecule is CCc1nc2ccccc2n1CC(=O)Nc1ccccc1C(=O)NCc1ccc(C)cc1. The fourth-order valence-corrected chi connectivity index (χ4v) is 3.68. The molecular formula is C26H26N4O2. The minimum absolute atomic E-state index is 0.128. The summed E-state index contributed by atoms with van der Waals surface area (Å²) in [5.74, 6) is 0.413.